The predicted molar refractivity (Wildman–Crippen MR) is 148 cm³/mol. The zero-order valence-corrected chi connectivity index (χ0v) is 22.2. The minimum atomic E-state index is -1.02. The summed E-state index contributed by atoms with van der Waals surface area (Å²) >= 11 is 13.5. The lowest BCUT2D eigenvalue weighted by Crippen LogP contribution is -2.22. The summed E-state index contributed by atoms with van der Waals surface area (Å²) in [6.07, 6.45) is 0.583. The first-order valence-corrected chi connectivity index (χ1v) is 12.7. The van der Waals surface area contributed by atoms with E-state index in [9.17, 15) is 5.11 Å². The molecule has 1 aromatic heterocycles. The van der Waals surface area contributed by atoms with Crippen molar-refractivity contribution in [3.8, 4) is 5.88 Å². The molecule has 6 heteroatoms. The van der Waals surface area contributed by atoms with Gasteiger partial charge in [0.2, 0.25) is 5.88 Å². The smallest absolute Gasteiger partial charge is 0.216 e. The summed E-state index contributed by atoms with van der Waals surface area (Å²) in [5.41, 5.74) is 5.22. The number of nitrogens with zero attached hydrogens (tertiary/aromatic N) is 2. The van der Waals surface area contributed by atoms with Crippen LogP contribution >= 0.6 is 23.2 Å². The molecule has 4 nitrogen and oxygen atoms in total. The SMILES string of the molecule is COc1ncc(C(O)c2c(Cl)cc(N(Cc3ccccc3)Cc3ccccc3)cc2Cl)cc1C(C)C. The molecule has 186 valence electrons. The number of halogens is 2. The summed E-state index contributed by atoms with van der Waals surface area (Å²) in [6, 6.07) is 26.2. The number of aliphatic hydroxyl groups is 1. The maximum absolute atomic E-state index is 11.3. The summed E-state index contributed by atoms with van der Waals surface area (Å²) in [7, 11) is 1.59. The molecule has 0 fully saturated rings. The molecule has 0 aliphatic carbocycles. The third kappa shape index (κ3) is 6.01. The van der Waals surface area contributed by atoms with Gasteiger partial charge in [-0.1, -0.05) is 97.7 Å². The lowest BCUT2D eigenvalue weighted by atomic mass is 9.97. The van der Waals surface area contributed by atoms with Gasteiger partial charge in [0, 0.05) is 41.7 Å². The minimum Gasteiger partial charge on any atom is -0.481 e. The van der Waals surface area contributed by atoms with E-state index >= 15 is 0 Å². The van der Waals surface area contributed by atoms with Gasteiger partial charge in [0.15, 0.2) is 0 Å². The summed E-state index contributed by atoms with van der Waals surface area (Å²) in [6.45, 7) is 5.48. The molecule has 0 saturated heterocycles. The van der Waals surface area contributed by atoms with Crippen LogP contribution in [0, 0.1) is 0 Å². The van der Waals surface area contributed by atoms with Crippen LogP contribution in [0.15, 0.2) is 85.1 Å². The Kier molecular flexibility index (Phi) is 8.52. The summed E-state index contributed by atoms with van der Waals surface area (Å²) in [4.78, 5) is 6.61. The topological polar surface area (TPSA) is 45.6 Å². The Morgan fingerprint density at radius 2 is 1.39 bits per heavy atom. The molecule has 1 atom stereocenters. The predicted octanol–water partition coefficient (Wildman–Crippen LogP) is 7.81. The zero-order valence-electron chi connectivity index (χ0n) is 20.7. The fourth-order valence-electron chi connectivity index (χ4n) is 4.25. The quantitative estimate of drug-likeness (QED) is 0.244. The minimum absolute atomic E-state index is 0.178. The summed E-state index contributed by atoms with van der Waals surface area (Å²) in [5, 5.41) is 12.1. The molecular formula is C30H30Cl2N2O2. The first-order chi connectivity index (χ1) is 17.4. The van der Waals surface area contributed by atoms with Gasteiger partial charge in [0.05, 0.1) is 17.2 Å². The van der Waals surface area contributed by atoms with Crippen LogP contribution < -0.4 is 9.64 Å². The van der Waals surface area contributed by atoms with Crippen LogP contribution in [0.3, 0.4) is 0 Å². The second kappa shape index (κ2) is 11.8. The van der Waals surface area contributed by atoms with Crippen LogP contribution in [-0.2, 0) is 13.1 Å². The van der Waals surface area contributed by atoms with Crippen molar-refractivity contribution in [3.63, 3.8) is 0 Å². The van der Waals surface area contributed by atoms with Gasteiger partial charge in [-0.05, 0) is 35.2 Å². The van der Waals surface area contributed by atoms with E-state index in [0.29, 0.717) is 40.1 Å². The number of anilines is 1. The van der Waals surface area contributed by atoms with E-state index in [1.165, 1.54) is 11.1 Å². The van der Waals surface area contributed by atoms with Gasteiger partial charge >= 0.3 is 0 Å². The average Bonchev–Trinajstić information content (AvgIpc) is 2.88. The molecule has 1 heterocycles. The van der Waals surface area contributed by atoms with Crippen molar-refractivity contribution >= 4 is 28.9 Å². The lowest BCUT2D eigenvalue weighted by Gasteiger charge is -2.27. The first-order valence-electron chi connectivity index (χ1n) is 11.9. The second-order valence-corrected chi connectivity index (χ2v) is 9.89. The molecular weight excluding hydrogens is 491 g/mol. The van der Waals surface area contributed by atoms with Gasteiger partial charge in [-0.25, -0.2) is 4.98 Å². The Labute approximate surface area is 223 Å². The van der Waals surface area contributed by atoms with Crippen LogP contribution in [0.5, 0.6) is 5.88 Å². The van der Waals surface area contributed by atoms with Gasteiger partial charge < -0.3 is 14.7 Å². The Morgan fingerprint density at radius 3 is 1.86 bits per heavy atom. The number of aliphatic hydroxyl groups excluding tert-OH is 1. The molecule has 1 unspecified atom stereocenters. The number of hydrogen-bond donors (Lipinski definition) is 1. The number of ether oxygens (including phenoxy) is 1. The zero-order chi connectivity index (χ0) is 25.7. The maximum Gasteiger partial charge on any atom is 0.216 e. The van der Waals surface area contributed by atoms with Gasteiger partial charge in [-0.3, -0.25) is 0 Å². The fourth-order valence-corrected chi connectivity index (χ4v) is 4.93. The van der Waals surface area contributed by atoms with Crippen molar-refractivity contribution in [3.05, 3.63) is 123 Å². The highest BCUT2D eigenvalue weighted by molar-refractivity contribution is 6.36. The normalized spacial score (nSPS) is 12.0. The van der Waals surface area contributed by atoms with E-state index in [1.807, 2.05) is 54.6 Å². The van der Waals surface area contributed by atoms with E-state index in [1.54, 1.807) is 13.3 Å². The van der Waals surface area contributed by atoms with Crippen molar-refractivity contribution in [1.82, 2.24) is 4.98 Å². The number of hydrogen-bond acceptors (Lipinski definition) is 4. The van der Waals surface area contributed by atoms with Crippen molar-refractivity contribution < 1.29 is 9.84 Å². The Morgan fingerprint density at radius 1 is 0.861 bits per heavy atom. The van der Waals surface area contributed by atoms with E-state index in [2.05, 4.69) is 48.0 Å². The standard InChI is InChI=1S/C30H30Cl2N2O2/c1-20(2)25-14-23(17-33-30(25)36-3)29(35)28-26(31)15-24(16-27(28)32)34(18-21-10-6-4-7-11-21)19-22-12-8-5-9-13-22/h4-17,20,29,35H,18-19H2,1-3H3. The molecule has 0 amide bonds. The molecule has 0 saturated carbocycles. The van der Waals surface area contributed by atoms with Crippen LogP contribution in [0.2, 0.25) is 10.0 Å². The summed E-state index contributed by atoms with van der Waals surface area (Å²) in [5.74, 6) is 0.725. The van der Waals surface area contributed by atoms with Crippen LogP contribution in [0.4, 0.5) is 5.69 Å². The van der Waals surface area contributed by atoms with Crippen molar-refractivity contribution in [2.75, 3.05) is 12.0 Å². The molecule has 0 spiro atoms. The number of rotatable bonds is 9. The average molecular weight is 521 g/mol. The van der Waals surface area contributed by atoms with Gasteiger partial charge in [-0.15, -0.1) is 0 Å². The van der Waals surface area contributed by atoms with Gasteiger partial charge in [-0.2, -0.15) is 0 Å². The Bertz CT molecular complexity index is 1230. The molecule has 0 bridgehead atoms. The molecule has 0 aliphatic rings. The van der Waals surface area contributed by atoms with E-state index in [0.717, 1.165) is 11.3 Å². The third-order valence-electron chi connectivity index (χ3n) is 6.17. The molecule has 4 aromatic rings. The number of aromatic nitrogens is 1. The third-order valence-corrected chi connectivity index (χ3v) is 6.79. The molecule has 3 aromatic carbocycles. The maximum atomic E-state index is 11.3. The molecule has 4 rings (SSSR count). The van der Waals surface area contributed by atoms with Gasteiger partial charge in [0.1, 0.15) is 6.10 Å². The number of benzene rings is 3. The Balaban J connectivity index is 1.69. The van der Waals surface area contributed by atoms with Crippen LogP contribution in [0.1, 0.15) is 53.7 Å². The summed E-state index contributed by atoms with van der Waals surface area (Å²) < 4.78 is 5.38. The van der Waals surface area contributed by atoms with Crippen LogP contribution in [0.25, 0.3) is 0 Å². The number of pyridine rings is 1. The van der Waals surface area contributed by atoms with E-state index in [4.69, 9.17) is 27.9 Å². The highest BCUT2D eigenvalue weighted by Crippen LogP contribution is 2.39. The molecule has 1 N–H and O–H groups in total. The number of methoxy groups -OCH3 is 1. The monoisotopic (exact) mass is 520 g/mol. The van der Waals surface area contributed by atoms with Crippen molar-refractivity contribution in [2.45, 2.75) is 39.0 Å². The highest BCUT2D eigenvalue weighted by Gasteiger charge is 2.22. The molecule has 0 aliphatic heterocycles. The van der Waals surface area contributed by atoms with E-state index < -0.39 is 6.10 Å². The highest BCUT2D eigenvalue weighted by atomic mass is 35.5. The second-order valence-electron chi connectivity index (χ2n) is 9.07. The first kappa shape index (κ1) is 26.0. The van der Waals surface area contributed by atoms with Crippen molar-refractivity contribution in [1.29, 1.82) is 0 Å². The molecule has 36 heavy (non-hydrogen) atoms. The van der Waals surface area contributed by atoms with Crippen LogP contribution in [-0.4, -0.2) is 17.2 Å². The Hall–Kier alpha value is -3.05. The van der Waals surface area contributed by atoms with Crippen molar-refractivity contribution in [2.24, 2.45) is 0 Å². The van der Waals surface area contributed by atoms with Gasteiger partial charge in [0.25, 0.3) is 0 Å². The fraction of sp³-hybridized carbons (Fsp3) is 0.233. The lowest BCUT2D eigenvalue weighted by molar-refractivity contribution is 0.219. The van der Waals surface area contributed by atoms with E-state index in [-0.39, 0.29) is 5.92 Å². The largest absolute Gasteiger partial charge is 0.481 e. The molecule has 0 radical (unpaired) electrons.